The summed E-state index contributed by atoms with van der Waals surface area (Å²) in [5.41, 5.74) is 2.02. The molecule has 0 spiro atoms. The highest BCUT2D eigenvalue weighted by Crippen LogP contribution is 2.33. The molecule has 0 aliphatic carbocycles. The summed E-state index contributed by atoms with van der Waals surface area (Å²) >= 11 is 0. The van der Waals surface area contributed by atoms with Crippen molar-refractivity contribution in [3.8, 4) is 11.5 Å². The van der Waals surface area contributed by atoms with E-state index in [1.54, 1.807) is 18.7 Å². The van der Waals surface area contributed by atoms with Crippen LogP contribution in [0.2, 0.25) is 0 Å². The molecule has 0 aromatic carbocycles. The summed E-state index contributed by atoms with van der Waals surface area (Å²) in [5.74, 6) is -1.46. The van der Waals surface area contributed by atoms with Crippen LogP contribution in [0.15, 0.2) is 32.2 Å². The van der Waals surface area contributed by atoms with Gasteiger partial charge in [-0.05, 0) is 26.0 Å². The van der Waals surface area contributed by atoms with E-state index in [-0.39, 0.29) is 18.0 Å². The minimum Gasteiger partial charge on any atom is -0.441 e. The van der Waals surface area contributed by atoms with Crippen molar-refractivity contribution in [1.82, 2.24) is 19.2 Å². The van der Waals surface area contributed by atoms with E-state index < -0.39 is 27.1 Å². The number of aryl methyl sites for hydroxylation is 2. The fraction of sp³-hybridized carbons (Fsp3) is 0.375. The number of halogens is 3. The summed E-state index contributed by atoms with van der Waals surface area (Å²) in [4.78, 5) is 0. The van der Waals surface area contributed by atoms with Gasteiger partial charge in [-0.3, -0.25) is 4.68 Å². The molecule has 152 valence electrons. The third-order valence-electron chi connectivity index (χ3n) is 4.33. The van der Waals surface area contributed by atoms with Crippen molar-refractivity contribution < 1.29 is 30.5 Å². The molecule has 0 fully saturated rings. The number of aromatic nitrogens is 3. The van der Waals surface area contributed by atoms with Crippen LogP contribution in [0.5, 0.6) is 0 Å². The van der Waals surface area contributed by atoms with E-state index in [2.05, 4.69) is 14.8 Å². The molecule has 3 aromatic heterocycles. The van der Waals surface area contributed by atoms with E-state index >= 15 is 0 Å². The second-order valence-electron chi connectivity index (χ2n) is 6.23. The fourth-order valence-electron chi connectivity index (χ4n) is 2.63. The van der Waals surface area contributed by atoms with Crippen LogP contribution in [0.3, 0.4) is 0 Å². The van der Waals surface area contributed by atoms with Gasteiger partial charge >= 0.3 is 6.18 Å². The third-order valence-corrected chi connectivity index (χ3v) is 6.01. The molecule has 0 atom stereocenters. The summed E-state index contributed by atoms with van der Waals surface area (Å²) in [7, 11) is -0.889. The van der Waals surface area contributed by atoms with Gasteiger partial charge in [0.15, 0.2) is 5.76 Å². The van der Waals surface area contributed by atoms with Crippen molar-refractivity contribution >= 4 is 10.0 Å². The topological polar surface area (TPSA) is 94.4 Å². The van der Waals surface area contributed by atoms with Gasteiger partial charge in [-0.1, -0.05) is 5.16 Å². The molecule has 0 aliphatic heterocycles. The molecule has 0 bridgehead atoms. The molecule has 8 nitrogen and oxygen atoms in total. The predicted molar refractivity (Wildman–Crippen MR) is 90.5 cm³/mol. The zero-order chi connectivity index (χ0) is 20.9. The monoisotopic (exact) mass is 418 g/mol. The number of alkyl halides is 3. The Morgan fingerprint density at radius 1 is 1.25 bits per heavy atom. The molecular formula is C16H17F3N4O4S. The van der Waals surface area contributed by atoms with E-state index in [0.717, 1.165) is 21.6 Å². The Kier molecular flexibility index (Phi) is 4.88. The number of nitrogens with zero attached hydrogens (tertiary/aromatic N) is 4. The molecule has 28 heavy (non-hydrogen) atoms. The summed E-state index contributed by atoms with van der Waals surface area (Å²) in [6.07, 6.45) is -4.70. The maximum Gasteiger partial charge on any atom is 0.452 e. The van der Waals surface area contributed by atoms with Crippen molar-refractivity contribution in [2.24, 2.45) is 7.05 Å². The van der Waals surface area contributed by atoms with Crippen molar-refractivity contribution in [2.75, 3.05) is 7.05 Å². The Balaban J connectivity index is 1.86. The molecule has 0 N–H and O–H groups in total. The minimum absolute atomic E-state index is 0.0616. The first kappa shape index (κ1) is 20.1. The van der Waals surface area contributed by atoms with E-state index in [4.69, 9.17) is 4.42 Å². The second-order valence-corrected chi connectivity index (χ2v) is 8.20. The summed E-state index contributed by atoms with van der Waals surface area (Å²) in [6, 6.07) is 3.02. The Labute approximate surface area is 158 Å². The molecule has 0 saturated heterocycles. The van der Waals surface area contributed by atoms with E-state index in [0.29, 0.717) is 11.8 Å². The highest BCUT2D eigenvalue weighted by atomic mass is 32.2. The Bertz CT molecular complexity index is 1110. The van der Waals surface area contributed by atoms with Gasteiger partial charge in [0, 0.05) is 38.0 Å². The van der Waals surface area contributed by atoms with Crippen molar-refractivity contribution in [1.29, 1.82) is 0 Å². The summed E-state index contributed by atoms with van der Waals surface area (Å²) < 4.78 is 75.6. The lowest BCUT2D eigenvalue weighted by Crippen LogP contribution is -2.26. The van der Waals surface area contributed by atoms with Gasteiger partial charge in [0.1, 0.15) is 5.69 Å². The summed E-state index contributed by atoms with van der Waals surface area (Å²) in [6.45, 7) is 3.66. The van der Waals surface area contributed by atoms with Gasteiger partial charge in [-0.25, -0.2) is 8.42 Å². The quantitative estimate of drug-likeness (QED) is 0.632. The number of rotatable bonds is 5. The van der Waals surface area contributed by atoms with Crippen LogP contribution in [0, 0.1) is 13.8 Å². The van der Waals surface area contributed by atoms with Gasteiger partial charge in [0.2, 0.25) is 10.9 Å². The lowest BCUT2D eigenvalue weighted by molar-refractivity contribution is -0.155. The van der Waals surface area contributed by atoms with Crippen LogP contribution < -0.4 is 0 Å². The number of hydrogen-bond donors (Lipinski definition) is 0. The first-order valence-corrected chi connectivity index (χ1v) is 9.45. The molecular weight excluding hydrogens is 401 g/mol. The van der Waals surface area contributed by atoms with Crippen LogP contribution in [-0.2, 0) is 29.8 Å². The van der Waals surface area contributed by atoms with Crippen LogP contribution in [0.4, 0.5) is 13.2 Å². The first-order chi connectivity index (χ1) is 12.9. The lowest BCUT2D eigenvalue weighted by atomic mass is 10.2. The van der Waals surface area contributed by atoms with Crippen LogP contribution in [-0.4, -0.2) is 34.7 Å². The van der Waals surface area contributed by atoms with E-state index in [1.807, 2.05) is 6.92 Å². The first-order valence-electron chi connectivity index (χ1n) is 8.00. The maximum atomic E-state index is 12.8. The van der Waals surface area contributed by atoms with Gasteiger partial charge in [-0.15, -0.1) is 0 Å². The highest BCUT2D eigenvalue weighted by Gasteiger charge is 2.36. The average molecular weight is 418 g/mol. The molecule has 3 aromatic rings. The molecule has 0 amide bonds. The molecule has 3 heterocycles. The molecule has 0 saturated carbocycles. The third kappa shape index (κ3) is 3.56. The normalized spacial score (nSPS) is 12.9. The van der Waals surface area contributed by atoms with E-state index in [1.165, 1.54) is 13.1 Å². The largest absolute Gasteiger partial charge is 0.452 e. The highest BCUT2D eigenvalue weighted by molar-refractivity contribution is 7.88. The molecule has 12 heteroatoms. The van der Waals surface area contributed by atoms with E-state index in [9.17, 15) is 21.6 Å². The van der Waals surface area contributed by atoms with Crippen molar-refractivity contribution in [3.63, 3.8) is 0 Å². The molecule has 0 radical (unpaired) electrons. The Hall–Kier alpha value is -2.60. The number of sulfonamides is 1. The number of furan rings is 1. The minimum atomic E-state index is -4.70. The van der Waals surface area contributed by atoms with Gasteiger partial charge in [-0.2, -0.15) is 22.6 Å². The van der Waals surface area contributed by atoms with Crippen LogP contribution in [0.25, 0.3) is 11.5 Å². The van der Waals surface area contributed by atoms with Crippen LogP contribution >= 0.6 is 0 Å². The molecule has 0 aliphatic rings. The average Bonchev–Trinajstić information content (AvgIpc) is 3.30. The zero-order valence-electron chi connectivity index (χ0n) is 15.4. The van der Waals surface area contributed by atoms with Crippen molar-refractivity contribution in [3.05, 3.63) is 40.9 Å². The summed E-state index contributed by atoms with van der Waals surface area (Å²) in [5, 5.41) is 7.11. The van der Waals surface area contributed by atoms with Crippen molar-refractivity contribution in [2.45, 2.75) is 31.7 Å². The predicted octanol–water partition coefficient (Wildman–Crippen LogP) is 3.12. The SMILES string of the molecule is Cc1nn(C)c(C)c1CN(C)S(=O)(=O)c1ccc(-c2cc(C(F)(F)F)on2)o1. The zero-order valence-corrected chi connectivity index (χ0v) is 16.2. The van der Waals surface area contributed by atoms with Gasteiger partial charge in [0.25, 0.3) is 10.0 Å². The lowest BCUT2D eigenvalue weighted by Gasteiger charge is -2.15. The number of hydrogen-bond acceptors (Lipinski definition) is 6. The standard InChI is InChI=1S/C16H17F3N4O4S/c1-9-11(10(2)23(4)20-9)8-22(3)28(24,25)15-6-5-13(26-15)12-7-14(27-21-12)16(17,18)19/h5-7H,8H2,1-4H3. The smallest absolute Gasteiger partial charge is 0.441 e. The van der Waals surface area contributed by atoms with Gasteiger partial charge < -0.3 is 8.94 Å². The van der Waals surface area contributed by atoms with Crippen LogP contribution in [0.1, 0.15) is 22.7 Å². The maximum absolute atomic E-state index is 12.8. The fourth-order valence-corrected chi connectivity index (χ4v) is 3.67. The second kappa shape index (κ2) is 6.78. The Morgan fingerprint density at radius 3 is 2.46 bits per heavy atom. The van der Waals surface area contributed by atoms with Gasteiger partial charge in [0.05, 0.1) is 5.69 Å². The molecule has 0 unspecified atom stereocenters. The Morgan fingerprint density at radius 2 is 1.93 bits per heavy atom. The molecule has 3 rings (SSSR count).